The zero-order chi connectivity index (χ0) is 8.55. The van der Waals surface area contributed by atoms with Crippen molar-refractivity contribution in [3.8, 4) is 5.88 Å². The first-order valence-electron chi connectivity index (χ1n) is 3.22. The van der Waals surface area contributed by atoms with E-state index in [9.17, 15) is 0 Å². The van der Waals surface area contributed by atoms with Gasteiger partial charge in [-0.25, -0.2) is 9.97 Å². The molecule has 2 heterocycles. The molecule has 6 heteroatoms. The standard InChI is InChI=1S/C6H5IN4O/c1-12-5-3-4(9-2-8-3)10-6(7)11-5/h2H,1H3,(H,8,9,10,11). The lowest BCUT2D eigenvalue weighted by molar-refractivity contribution is 0.400. The fraction of sp³-hybridized carbons (Fsp3) is 0.167. The molecule has 0 aliphatic heterocycles. The Morgan fingerprint density at radius 3 is 3.08 bits per heavy atom. The predicted octanol–water partition coefficient (Wildman–Crippen LogP) is 0.966. The molecule has 62 valence electrons. The maximum Gasteiger partial charge on any atom is 0.243 e. The van der Waals surface area contributed by atoms with Crippen LogP contribution >= 0.6 is 22.6 Å². The van der Waals surface area contributed by atoms with Gasteiger partial charge in [-0.3, -0.25) is 0 Å². The molecule has 0 aliphatic rings. The monoisotopic (exact) mass is 276 g/mol. The van der Waals surface area contributed by atoms with Gasteiger partial charge >= 0.3 is 0 Å². The van der Waals surface area contributed by atoms with Crippen LogP contribution in [-0.4, -0.2) is 27.0 Å². The summed E-state index contributed by atoms with van der Waals surface area (Å²) >= 11 is 2.02. The van der Waals surface area contributed by atoms with E-state index >= 15 is 0 Å². The van der Waals surface area contributed by atoms with Crippen molar-refractivity contribution in [3.05, 3.63) is 10.2 Å². The second-order valence-electron chi connectivity index (χ2n) is 2.10. The van der Waals surface area contributed by atoms with Gasteiger partial charge in [-0.15, -0.1) is 0 Å². The number of imidazole rings is 1. The summed E-state index contributed by atoms with van der Waals surface area (Å²) in [6.45, 7) is 0. The highest BCUT2D eigenvalue weighted by Gasteiger charge is 2.07. The number of H-pyrrole nitrogens is 1. The Bertz CT molecular complexity index is 413. The third-order valence-electron chi connectivity index (χ3n) is 1.42. The molecule has 0 saturated carbocycles. The Morgan fingerprint density at radius 2 is 2.33 bits per heavy atom. The summed E-state index contributed by atoms with van der Waals surface area (Å²) in [5.74, 6) is 0.530. The van der Waals surface area contributed by atoms with Crippen molar-refractivity contribution in [1.82, 2.24) is 19.9 Å². The number of aromatic nitrogens is 4. The van der Waals surface area contributed by atoms with E-state index in [1.54, 1.807) is 13.4 Å². The molecular weight excluding hydrogens is 271 g/mol. The van der Waals surface area contributed by atoms with E-state index in [2.05, 4.69) is 19.9 Å². The van der Waals surface area contributed by atoms with Gasteiger partial charge in [0.15, 0.2) is 9.48 Å². The van der Waals surface area contributed by atoms with Gasteiger partial charge in [0.05, 0.1) is 13.4 Å². The topological polar surface area (TPSA) is 63.7 Å². The third-order valence-corrected chi connectivity index (χ3v) is 1.90. The Hall–Kier alpha value is -0.920. The van der Waals surface area contributed by atoms with Crippen LogP contribution in [0, 0.1) is 3.83 Å². The minimum absolute atomic E-state index is 0.530. The van der Waals surface area contributed by atoms with Crippen molar-refractivity contribution in [1.29, 1.82) is 0 Å². The van der Waals surface area contributed by atoms with Crippen molar-refractivity contribution < 1.29 is 4.74 Å². The van der Waals surface area contributed by atoms with E-state index in [1.165, 1.54) is 0 Å². The molecule has 2 aromatic rings. The Kier molecular flexibility index (Phi) is 1.83. The number of nitrogens with one attached hydrogen (secondary N) is 1. The van der Waals surface area contributed by atoms with Crippen molar-refractivity contribution in [3.63, 3.8) is 0 Å². The number of fused-ring (bicyclic) bond motifs is 1. The normalized spacial score (nSPS) is 10.5. The molecule has 0 radical (unpaired) electrons. The third kappa shape index (κ3) is 1.11. The molecule has 0 aliphatic carbocycles. The van der Waals surface area contributed by atoms with Crippen LogP contribution in [-0.2, 0) is 0 Å². The molecule has 0 aromatic carbocycles. The number of hydrogen-bond acceptors (Lipinski definition) is 4. The zero-order valence-electron chi connectivity index (χ0n) is 6.21. The Labute approximate surface area is 81.7 Å². The number of aromatic amines is 1. The van der Waals surface area contributed by atoms with Gasteiger partial charge in [0, 0.05) is 22.6 Å². The van der Waals surface area contributed by atoms with Crippen molar-refractivity contribution in [2.45, 2.75) is 0 Å². The first kappa shape index (κ1) is 7.71. The average molecular weight is 276 g/mol. The number of ether oxygens (including phenoxy) is 1. The maximum absolute atomic E-state index is 5.04. The number of rotatable bonds is 1. The van der Waals surface area contributed by atoms with Crippen LogP contribution in [0.5, 0.6) is 5.88 Å². The molecule has 0 unspecified atom stereocenters. The van der Waals surface area contributed by atoms with Crippen molar-refractivity contribution >= 4 is 33.8 Å². The summed E-state index contributed by atoms with van der Waals surface area (Å²) < 4.78 is 5.67. The fourth-order valence-electron chi connectivity index (χ4n) is 0.929. The number of nitrogens with zero attached hydrogens (tertiary/aromatic N) is 3. The summed E-state index contributed by atoms with van der Waals surface area (Å²) in [4.78, 5) is 15.1. The molecule has 0 saturated heterocycles. The Balaban J connectivity index is 2.80. The Morgan fingerprint density at radius 1 is 1.50 bits per heavy atom. The first-order valence-corrected chi connectivity index (χ1v) is 4.30. The molecule has 5 nitrogen and oxygen atoms in total. The minimum atomic E-state index is 0.530. The molecule has 0 spiro atoms. The highest BCUT2D eigenvalue weighted by molar-refractivity contribution is 14.1. The number of methoxy groups -OCH3 is 1. The summed E-state index contributed by atoms with van der Waals surface area (Å²) in [5.41, 5.74) is 1.36. The second-order valence-corrected chi connectivity index (χ2v) is 3.07. The maximum atomic E-state index is 5.04. The van der Waals surface area contributed by atoms with Crippen molar-refractivity contribution in [2.24, 2.45) is 0 Å². The SMILES string of the molecule is COc1nc(I)nc2nc[nH]c12. The predicted molar refractivity (Wildman–Crippen MR) is 51.0 cm³/mol. The van der Waals surface area contributed by atoms with Gasteiger partial charge in [0.1, 0.15) is 5.52 Å². The van der Waals surface area contributed by atoms with Gasteiger partial charge in [-0.2, -0.15) is 4.98 Å². The molecular formula is C6H5IN4O. The van der Waals surface area contributed by atoms with Gasteiger partial charge in [-0.05, 0) is 0 Å². The lowest BCUT2D eigenvalue weighted by atomic mass is 10.5. The second kappa shape index (κ2) is 2.85. The molecule has 0 atom stereocenters. The molecule has 0 bridgehead atoms. The van der Waals surface area contributed by atoms with E-state index in [4.69, 9.17) is 4.74 Å². The molecule has 2 rings (SSSR count). The summed E-state index contributed by atoms with van der Waals surface area (Å²) in [6, 6.07) is 0. The van der Waals surface area contributed by atoms with Gasteiger partial charge in [0.2, 0.25) is 5.88 Å². The summed E-state index contributed by atoms with van der Waals surface area (Å²) in [5, 5.41) is 0. The zero-order valence-corrected chi connectivity index (χ0v) is 8.36. The van der Waals surface area contributed by atoms with Crippen LogP contribution in [0.1, 0.15) is 0 Å². The van der Waals surface area contributed by atoms with Gasteiger partial charge in [0.25, 0.3) is 0 Å². The van der Waals surface area contributed by atoms with Crippen LogP contribution in [0.15, 0.2) is 6.33 Å². The molecule has 0 amide bonds. The molecule has 1 N–H and O–H groups in total. The molecule has 0 fully saturated rings. The van der Waals surface area contributed by atoms with Crippen LogP contribution in [0.3, 0.4) is 0 Å². The molecule has 2 aromatic heterocycles. The highest BCUT2D eigenvalue weighted by Crippen LogP contribution is 2.18. The lowest BCUT2D eigenvalue weighted by Crippen LogP contribution is -1.94. The average Bonchev–Trinajstić information content (AvgIpc) is 2.50. The van der Waals surface area contributed by atoms with Crippen LogP contribution < -0.4 is 4.74 Å². The van der Waals surface area contributed by atoms with Crippen LogP contribution in [0.2, 0.25) is 0 Å². The van der Waals surface area contributed by atoms with Gasteiger partial charge < -0.3 is 9.72 Å². The van der Waals surface area contributed by atoms with E-state index in [0.717, 1.165) is 5.52 Å². The quantitative estimate of drug-likeness (QED) is 0.622. The fourth-order valence-corrected chi connectivity index (χ4v) is 1.38. The summed E-state index contributed by atoms with van der Waals surface area (Å²) in [7, 11) is 1.57. The van der Waals surface area contributed by atoms with Crippen LogP contribution in [0.4, 0.5) is 0 Å². The van der Waals surface area contributed by atoms with Crippen LogP contribution in [0.25, 0.3) is 11.2 Å². The largest absolute Gasteiger partial charge is 0.479 e. The highest BCUT2D eigenvalue weighted by atomic mass is 127. The van der Waals surface area contributed by atoms with E-state index in [-0.39, 0.29) is 0 Å². The van der Waals surface area contributed by atoms with Gasteiger partial charge in [-0.1, -0.05) is 0 Å². The van der Waals surface area contributed by atoms with Crippen molar-refractivity contribution in [2.75, 3.05) is 7.11 Å². The summed E-state index contributed by atoms with van der Waals surface area (Å²) in [6.07, 6.45) is 1.57. The minimum Gasteiger partial charge on any atom is -0.479 e. The molecule has 12 heavy (non-hydrogen) atoms. The number of hydrogen-bond donors (Lipinski definition) is 1. The number of halogens is 1. The smallest absolute Gasteiger partial charge is 0.243 e. The van der Waals surface area contributed by atoms with E-state index < -0.39 is 0 Å². The first-order chi connectivity index (χ1) is 5.81. The lowest BCUT2D eigenvalue weighted by Gasteiger charge is -1.98. The van der Waals surface area contributed by atoms with E-state index in [1.807, 2.05) is 22.6 Å². The van der Waals surface area contributed by atoms with E-state index in [0.29, 0.717) is 15.4 Å².